The molecule has 0 aliphatic heterocycles. The summed E-state index contributed by atoms with van der Waals surface area (Å²) in [5.41, 5.74) is 1.09. The molecular weight excluding hydrogens is 545 g/mol. The largest absolute Gasteiger partial charge is 0.416 e. The molecule has 0 fully saturated rings. The first-order valence-electron chi connectivity index (χ1n) is 11.7. The van der Waals surface area contributed by atoms with Crippen LogP contribution >= 0.6 is 23.4 Å². The molecule has 0 aromatic heterocycles. The van der Waals surface area contributed by atoms with Crippen molar-refractivity contribution in [2.24, 2.45) is 0 Å². The summed E-state index contributed by atoms with van der Waals surface area (Å²) in [7, 11) is 0. The van der Waals surface area contributed by atoms with Crippen LogP contribution in [0.25, 0.3) is 6.08 Å². The first-order valence-corrected chi connectivity index (χ1v) is 13.0. The number of carbonyl (C=O) groups excluding carboxylic acids is 2. The average Bonchev–Trinajstić information content (AvgIpc) is 2.93. The number of rotatable bonds is 8. The zero-order valence-corrected chi connectivity index (χ0v) is 21.9. The molecule has 9 heteroatoms. The van der Waals surface area contributed by atoms with Gasteiger partial charge in [0.05, 0.1) is 16.3 Å². The minimum Gasteiger partial charge on any atom is -0.323 e. The molecule has 0 saturated heterocycles. The van der Waals surface area contributed by atoms with Gasteiger partial charge in [0.1, 0.15) is 5.25 Å². The second-order valence-corrected chi connectivity index (χ2v) is 9.93. The maximum Gasteiger partial charge on any atom is 0.416 e. The quantitative estimate of drug-likeness (QED) is 0.166. The minimum atomic E-state index is -4.58. The zero-order chi connectivity index (χ0) is 27.8. The van der Waals surface area contributed by atoms with Gasteiger partial charge in [-0.15, -0.1) is 11.8 Å². The molecular formula is C30H22ClF3N2O2S. The molecule has 1 unspecified atom stereocenters. The summed E-state index contributed by atoms with van der Waals surface area (Å²) >= 11 is 7.31. The van der Waals surface area contributed by atoms with Crippen molar-refractivity contribution in [1.82, 2.24) is 0 Å². The highest BCUT2D eigenvalue weighted by atomic mass is 35.5. The number of hydrogen-bond donors (Lipinski definition) is 2. The molecule has 4 rings (SSSR count). The van der Waals surface area contributed by atoms with Crippen molar-refractivity contribution in [2.45, 2.75) is 16.3 Å². The molecule has 0 aliphatic carbocycles. The number of alkyl halides is 3. The summed E-state index contributed by atoms with van der Waals surface area (Å²) in [6.45, 7) is 0. The van der Waals surface area contributed by atoms with Crippen molar-refractivity contribution in [3.8, 4) is 0 Å². The Morgan fingerprint density at radius 1 is 0.821 bits per heavy atom. The zero-order valence-electron chi connectivity index (χ0n) is 20.3. The van der Waals surface area contributed by atoms with Crippen molar-refractivity contribution in [1.29, 1.82) is 0 Å². The maximum atomic E-state index is 13.3. The molecule has 2 amide bonds. The maximum absolute atomic E-state index is 13.3. The molecule has 4 aromatic rings. The molecule has 4 aromatic carbocycles. The number of halogens is 4. The van der Waals surface area contributed by atoms with Crippen LogP contribution in [-0.4, -0.2) is 11.8 Å². The molecule has 0 spiro atoms. The predicted molar refractivity (Wildman–Crippen MR) is 151 cm³/mol. The Morgan fingerprint density at radius 2 is 1.46 bits per heavy atom. The van der Waals surface area contributed by atoms with Gasteiger partial charge in [-0.1, -0.05) is 72.3 Å². The van der Waals surface area contributed by atoms with Crippen molar-refractivity contribution in [2.75, 3.05) is 10.6 Å². The van der Waals surface area contributed by atoms with Crippen LogP contribution in [0.4, 0.5) is 24.5 Å². The second kappa shape index (κ2) is 12.7. The molecule has 2 N–H and O–H groups in total. The number of benzene rings is 4. The van der Waals surface area contributed by atoms with Crippen LogP contribution in [0.5, 0.6) is 0 Å². The van der Waals surface area contributed by atoms with E-state index in [4.69, 9.17) is 11.6 Å². The van der Waals surface area contributed by atoms with E-state index >= 15 is 0 Å². The fraction of sp³-hybridized carbons (Fsp3) is 0.0667. The van der Waals surface area contributed by atoms with Gasteiger partial charge in [0.2, 0.25) is 11.8 Å². The van der Waals surface area contributed by atoms with Crippen molar-refractivity contribution in [3.63, 3.8) is 0 Å². The Bertz CT molecular complexity index is 1460. The molecule has 39 heavy (non-hydrogen) atoms. The van der Waals surface area contributed by atoms with E-state index < -0.39 is 22.9 Å². The summed E-state index contributed by atoms with van der Waals surface area (Å²) in [6.07, 6.45) is -1.43. The lowest BCUT2D eigenvalue weighted by Gasteiger charge is -2.18. The van der Waals surface area contributed by atoms with Crippen LogP contribution in [0.1, 0.15) is 21.9 Å². The van der Waals surface area contributed by atoms with E-state index in [-0.39, 0.29) is 16.6 Å². The summed E-state index contributed by atoms with van der Waals surface area (Å²) in [4.78, 5) is 26.3. The van der Waals surface area contributed by atoms with E-state index in [1.165, 1.54) is 17.8 Å². The second-order valence-electron chi connectivity index (χ2n) is 8.35. The van der Waals surface area contributed by atoms with E-state index in [1.54, 1.807) is 60.7 Å². The fourth-order valence-electron chi connectivity index (χ4n) is 3.57. The predicted octanol–water partition coefficient (Wildman–Crippen LogP) is 8.48. The third-order valence-electron chi connectivity index (χ3n) is 5.49. The van der Waals surface area contributed by atoms with Gasteiger partial charge in [0, 0.05) is 16.7 Å². The summed E-state index contributed by atoms with van der Waals surface area (Å²) in [5.74, 6) is -0.824. The van der Waals surface area contributed by atoms with E-state index in [9.17, 15) is 22.8 Å². The molecule has 198 valence electrons. The van der Waals surface area contributed by atoms with Crippen LogP contribution < -0.4 is 10.6 Å². The number of carbonyl (C=O) groups is 2. The van der Waals surface area contributed by atoms with Crippen LogP contribution in [0.15, 0.2) is 114 Å². The third-order valence-corrected chi connectivity index (χ3v) is 7.09. The molecule has 0 saturated carbocycles. The topological polar surface area (TPSA) is 58.2 Å². The highest BCUT2D eigenvalue weighted by Gasteiger charge is 2.31. The van der Waals surface area contributed by atoms with Crippen LogP contribution in [-0.2, 0) is 15.8 Å². The smallest absolute Gasteiger partial charge is 0.323 e. The van der Waals surface area contributed by atoms with E-state index in [1.807, 2.05) is 30.3 Å². The molecule has 0 heterocycles. The van der Waals surface area contributed by atoms with Crippen LogP contribution in [0, 0.1) is 0 Å². The Hall–Kier alpha value is -4.01. The van der Waals surface area contributed by atoms with Gasteiger partial charge in [-0.25, -0.2) is 0 Å². The molecule has 4 nitrogen and oxygen atoms in total. The lowest BCUT2D eigenvalue weighted by atomic mass is 10.1. The SMILES string of the molecule is O=C(/C=C/c1ccccc1)Nc1ccc(SC(C(=O)Nc2cc(C(F)(F)F)ccc2Cl)c2ccccc2)cc1. The molecule has 0 radical (unpaired) electrons. The van der Waals surface area contributed by atoms with Crippen LogP contribution in [0.3, 0.4) is 0 Å². The fourth-order valence-corrected chi connectivity index (χ4v) is 4.76. The average molecular weight is 567 g/mol. The van der Waals surface area contributed by atoms with Gasteiger partial charge in [0.15, 0.2) is 0 Å². The third kappa shape index (κ3) is 7.99. The number of nitrogens with one attached hydrogen (secondary N) is 2. The van der Waals surface area contributed by atoms with E-state index in [0.29, 0.717) is 16.1 Å². The van der Waals surface area contributed by atoms with Crippen molar-refractivity contribution < 1.29 is 22.8 Å². The van der Waals surface area contributed by atoms with E-state index in [2.05, 4.69) is 10.6 Å². The number of anilines is 2. The van der Waals surface area contributed by atoms with Gasteiger partial charge in [-0.3, -0.25) is 9.59 Å². The summed E-state index contributed by atoms with van der Waals surface area (Å²) in [5, 5.41) is 4.54. The monoisotopic (exact) mass is 566 g/mol. The normalized spacial score (nSPS) is 12.2. The van der Waals surface area contributed by atoms with E-state index in [0.717, 1.165) is 23.8 Å². The van der Waals surface area contributed by atoms with Gasteiger partial charge < -0.3 is 10.6 Å². The Kier molecular flexibility index (Phi) is 9.11. The lowest BCUT2D eigenvalue weighted by molar-refractivity contribution is -0.137. The Balaban J connectivity index is 1.48. The summed E-state index contributed by atoms with van der Waals surface area (Å²) in [6, 6.07) is 28.0. The minimum absolute atomic E-state index is 0.00503. The van der Waals surface area contributed by atoms with Gasteiger partial charge in [-0.05, 0) is 59.7 Å². The van der Waals surface area contributed by atoms with Gasteiger partial charge >= 0.3 is 6.18 Å². The lowest BCUT2D eigenvalue weighted by Crippen LogP contribution is -2.19. The molecule has 1 atom stereocenters. The Morgan fingerprint density at radius 3 is 2.10 bits per heavy atom. The van der Waals surface area contributed by atoms with Crippen LogP contribution in [0.2, 0.25) is 5.02 Å². The Labute approximate surface area is 232 Å². The van der Waals surface area contributed by atoms with Crippen molar-refractivity contribution in [3.05, 3.63) is 131 Å². The number of amides is 2. The first kappa shape index (κ1) is 28.0. The van der Waals surface area contributed by atoms with Gasteiger partial charge in [0.25, 0.3) is 0 Å². The number of thioether (sulfide) groups is 1. The first-order chi connectivity index (χ1) is 18.7. The standard InChI is InChI=1S/C30H22ClF3N2O2S/c31-25-17-12-22(30(32,33)34)19-26(25)36-29(38)28(21-9-5-2-6-10-21)39-24-15-13-23(14-16-24)35-27(37)18-11-20-7-3-1-4-8-20/h1-19,28H,(H,35,37)(H,36,38)/b18-11+. The molecule has 0 bridgehead atoms. The van der Waals surface area contributed by atoms with Gasteiger partial charge in [-0.2, -0.15) is 13.2 Å². The number of hydrogen-bond acceptors (Lipinski definition) is 3. The molecule has 0 aliphatic rings. The van der Waals surface area contributed by atoms with Crippen molar-refractivity contribution >= 4 is 52.6 Å². The summed E-state index contributed by atoms with van der Waals surface area (Å²) < 4.78 is 39.6. The highest BCUT2D eigenvalue weighted by Crippen LogP contribution is 2.38. The highest BCUT2D eigenvalue weighted by molar-refractivity contribution is 8.00.